The van der Waals surface area contributed by atoms with E-state index in [2.05, 4.69) is 15.2 Å². The van der Waals surface area contributed by atoms with Crippen molar-refractivity contribution in [3.05, 3.63) is 120 Å². The van der Waals surface area contributed by atoms with Crippen LogP contribution in [0.25, 0.3) is 16.9 Å². The number of rotatable bonds is 10. The minimum atomic E-state index is -3.95. The first-order valence-electron chi connectivity index (χ1n) is 12.8. The molecule has 0 unspecified atom stereocenters. The van der Waals surface area contributed by atoms with Gasteiger partial charge in [0, 0.05) is 28.6 Å². The molecule has 42 heavy (non-hydrogen) atoms. The van der Waals surface area contributed by atoms with Crippen LogP contribution in [-0.4, -0.2) is 44.5 Å². The van der Waals surface area contributed by atoms with E-state index in [0.717, 1.165) is 11.3 Å². The number of amides is 1. The van der Waals surface area contributed by atoms with Crippen LogP contribution in [0.15, 0.2) is 119 Å². The van der Waals surface area contributed by atoms with Gasteiger partial charge in [0.15, 0.2) is 0 Å². The molecule has 0 fully saturated rings. The summed E-state index contributed by atoms with van der Waals surface area (Å²) in [6.45, 7) is 0. The van der Waals surface area contributed by atoms with Gasteiger partial charge in [-0.25, -0.2) is 18.5 Å². The minimum Gasteiger partial charge on any atom is -0.497 e. The highest BCUT2D eigenvalue weighted by Gasteiger charge is 2.17. The minimum absolute atomic E-state index is 0.0686. The molecule has 10 nitrogen and oxygen atoms in total. The topological polar surface area (TPSA) is 124 Å². The van der Waals surface area contributed by atoms with Crippen LogP contribution in [-0.2, 0) is 10.0 Å². The molecule has 2 N–H and O–H groups in total. The number of carbonyl (C=O) groups excluding carboxylic acids is 1. The Balaban J connectivity index is 1.35. The molecule has 0 spiro atoms. The molecule has 1 heterocycles. The molecule has 0 radical (unpaired) electrons. The Bertz CT molecular complexity index is 1820. The first kappa shape index (κ1) is 28.1. The van der Waals surface area contributed by atoms with Crippen molar-refractivity contribution in [2.75, 3.05) is 18.9 Å². The molecule has 1 aromatic heterocycles. The lowest BCUT2D eigenvalue weighted by Gasteiger charge is -2.09. The Hall–Kier alpha value is -5.42. The molecule has 0 atom stereocenters. The standard InChI is InChI=1S/C31H27N5O5S/c1-40-27-15-11-22(12-16-27)30-24(21-36(34-30)26-8-4-3-5-9-26)20-32-33-31(37)23-7-6-10-29(19-23)42(38,39)35-25-13-17-28(41-2)18-14-25/h3-21,35H,1-2H3,(H,33,37). The van der Waals surface area contributed by atoms with Crippen molar-refractivity contribution in [2.24, 2.45) is 5.10 Å². The summed E-state index contributed by atoms with van der Waals surface area (Å²) < 4.78 is 40.5. The molecule has 0 aliphatic rings. The molecule has 0 saturated carbocycles. The van der Waals surface area contributed by atoms with Crippen molar-refractivity contribution in [3.8, 4) is 28.4 Å². The summed E-state index contributed by atoms with van der Waals surface area (Å²) in [6, 6.07) is 29.2. The molecule has 0 aliphatic carbocycles. The molecule has 0 bridgehead atoms. The zero-order chi connectivity index (χ0) is 29.5. The van der Waals surface area contributed by atoms with Gasteiger partial charge in [-0.15, -0.1) is 0 Å². The van der Waals surface area contributed by atoms with Gasteiger partial charge >= 0.3 is 0 Å². The average molecular weight is 582 g/mol. The number of methoxy groups -OCH3 is 2. The fraction of sp³-hybridized carbons (Fsp3) is 0.0645. The molecule has 4 aromatic carbocycles. The number of carbonyl (C=O) groups is 1. The lowest BCUT2D eigenvalue weighted by Crippen LogP contribution is -2.19. The van der Waals surface area contributed by atoms with E-state index in [1.807, 2.05) is 60.8 Å². The molecule has 5 rings (SSSR count). The zero-order valence-electron chi connectivity index (χ0n) is 22.8. The number of hydrazone groups is 1. The van der Waals surface area contributed by atoms with Crippen molar-refractivity contribution in [2.45, 2.75) is 4.90 Å². The van der Waals surface area contributed by atoms with Crippen molar-refractivity contribution in [3.63, 3.8) is 0 Å². The van der Waals surface area contributed by atoms with Crippen LogP contribution in [0.3, 0.4) is 0 Å². The number of nitrogens with one attached hydrogen (secondary N) is 2. The third-order valence-electron chi connectivity index (χ3n) is 6.25. The lowest BCUT2D eigenvalue weighted by atomic mass is 10.1. The largest absolute Gasteiger partial charge is 0.497 e. The van der Waals surface area contributed by atoms with Crippen molar-refractivity contribution >= 4 is 27.8 Å². The van der Waals surface area contributed by atoms with Gasteiger partial charge in [0.1, 0.15) is 17.2 Å². The zero-order valence-corrected chi connectivity index (χ0v) is 23.6. The molecule has 11 heteroatoms. The number of sulfonamides is 1. The Kier molecular flexibility index (Phi) is 8.30. The number of hydrogen-bond donors (Lipinski definition) is 2. The van der Waals surface area contributed by atoms with Gasteiger partial charge in [0.25, 0.3) is 15.9 Å². The van der Waals surface area contributed by atoms with Crippen molar-refractivity contribution in [1.29, 1.82) is 0 Å². The molecule has 0 aliphatic heterocycles. The molecule has 5 aromatic rings. The maximum atomic E-state index is 12.9. The summed E-state index contributed by atoms with van der Waals surface area (Å²) in [5.41, 5.74) is 5.96. The predicted octanol–water partition coefficient (Wildman–Crippen LogP) is 5.12. The van der Waals surface area contributed by atoms with Crippen molar-refractivity contribution in [1.82, 2.24) is 15.2 Å². The summed E-state index contributed by atoms with van der Waals surface area (Å²) in [6.07, 6.45) is 3.30. The van der Waals surface area contributed by atoms with E-state index < -0.39 is 15.9 Å². The van der Waals surface area contributed by atoms with Crippen LogP contribution in [0.2, 0.25) is 0 Å². The van der Waals surface area contributed by atoms with E-state index in [-0.39, 0.29) is 10.5 Å². The molecular weight excluding hydrogens is 554 g/mol. The normalized spacial score (nSPS) is 11.3. The Morgan fingerprint density at radius 1 is 0.857 bits per heavy atom. The highest BCUT2D eigenvalue weighted by molar-refractivity contribution is 7.92. The number of hydrogen-bond acceptors (Lipinski definition) is 7. The first-order chi connectivity index (χ1) is 20.4. The number of anilines is 1. The van der Waals surface area contributed by atoms with E-state index >= 15 is 0 Å². The summed E-state index contributed by atoms with van der Waals surface area (Å²) in [4.78, 5) is 12.8. The third-order valence-corrected chi connectivity index (χ3v) is 7.62. The molecule has 212 valence electrons. The number of para-hydroxylation sites is 1. The second kappa shape index (κ2) is 12.4. The second-order valence-corrected chi connectivity index (χ2v) is 10.7. The smallest absolute Gasteiger partial charge is 0.271 e. The van der Waals surface area contributed by atoms with Gasteiger partial charge in [-0.3, -0.25) is 9.52 Å². The van der Waals surface area contributed by atoms with E-state index in [0.29, 0.717) is 28.4 Å². The van der Waals surface area contributed by atoms with Crippen LogP contribution in [0.4, 0.5) is 5.69 Å². The maximum Gasteiger partial charge on any atom is 0.271 e. The van der Waals surface area contributed by atoms with Crippen LogP contribution in [0.1, 0.15) is 15.9 Å². The first-order valence-corrected chi connectivity index (χ1v) is 14.2. The predicted molar refractivity (Wildman–Crippen MR) is 161 cm³/mol. The van der Waals surface area contributed by atoms with E-state index in [9.17, 15) is 13.2 Å². The summed E-state index contributed by atoms with van der Waals surface area (Å²) in [5.74, 6) is 0.738. The number of aromatic nitrogens is 2. The third kappa shape index (κ3) is 6.48. The number of benzene rings is 4. The molecule has 0 saturated heterocycles. The lowest BCUT2D eigenvalue weighted by molar-refractivity contribution is 0.0955. The quantitative estimate of drug-likeness (QED) is 0.174. The molecule has 1 amide bonds. The Morgan fingerprint density at radius 3 is 2.19 bits per heavy atom. The SMILES string of the molecule is COc1ccc(NS(=O)(=O)c2cccc(C(=O)NN=Cc3cn(-c4ccccc4)nc3-c3ccc(OC)cc3)c2)cc1. The van der Waals surface area contributed by atoms with Crippen molar-refractivity contribution < 1.29 is 22.7 Å². The van der Waals surface area contributed by atoms with Crippen LogP contribution in [0.5, 0.6) is 11.5 Å². The van der Waals surface area contributed by atoms with Gasteiger partial charge in [-0.2, -0.15) is 10.2 Å². The molecular formula is C31H27N5O5S. The van der Waals surface area contributed by atoms with E-state index in [1.54, 1.807) is 36.1 Å². The van der Waals surface area contributed by atoms with E-state index in [1.165, 1.54) is 37.6 Å². The van der Waals surface area contributed by atoms with Crippen LogP contribution in [0, 0.1) is 0 Å². The van der Waals surface area contributed by atoms with Gasteiger partial charge in [0.05, 0.1) is 31.0 Å². The fourth-order valence-electron chi connectivity index (χ4n) is 4.07. The van der Waals surface area contributed by atoms with E-state index in [4.69, 9.17) is 14.6 Å². The average Bonchev–Trinajstić information content (AvgIpc) is 3.46. The Morgan fingerprint density at radius 2 is 1.52 bits per heavy atom. The second-order valence-electron chi connectivity index (χ2n) is 9.00. The van der Waals surface area contributed by atoms with Gasteiger partial charge in [0.2, 0.25) is 0 Å². The highest BCUT2D eigenvalue weighted by Crippen LogP contribution is 2.25. The highest BCUT2D eigenvalue weighted by atomic mass is 32.2. The van der Waals surface area contributed by atoms with Gasteiger partial charge in [-0.1, -0.05) is 24.3 Å². The van der Waals surface area contributed by atoms with Gasteiger partial charge < -0.3 is 9.47 Å². The number of nitrogens with zero attached hydrogens (tertiary/aromatic N) is 3. The Labute approximate surface area is 243 Å². The maximum absolute atomic E-state index is 12.9. The summed E-state index contributed by atoms with van der Waals surface area (Å²) in [5, 5.41) is 8.88. The van der Waals surface area contributed by atoms with Gasteiger partial charge in [-0.05, 0) is 78.9 Å². The fourth-order valence-corrected chi connectivity index (χ4v) is 5.17. The summed E-state index contributed by atoms with van der Waals surface area (Å²) in [7, 11) is -0.822. The monoisotopic (exact) mass is 581 g/mol. The number of ether oxygens (including phenoxy) is 2. The van der Waals surface area contributed by atoms with Crippen LogP contribution >= 0.6 is 0 Å². The van der Waals surface area contributed by atoms with Crippen LogP contribution < -0.4 is 19.6 Å². The summed E-state index contributed by atoms with van der Waals surface area (Å²) >= 11 is 0.